The largest absolute Gasteiger partial charge is 0.334 e. The van der Waals surface area contributed by atoms with Crippen LogP contribution < -0.4 is 0 Å². The third-order valence-corrected chi connectivity index (χ3v) is 4.92. The Balaban J connectivity index is 1.53. The molecule has 1 aromatic heterocycles. The molecule has 1 aliphatic rings. The van der Waals surface area contributed by atoms with Crippen LogP contribution in [-0.4, -0.2) is 22.6 Å². The first kappa shape index (κ1) is 15.2. The molecule has 4 rings (SSSR count). The van der Waals surface area contributed by atoms with Crippen molar-refractivity contribution >= 4 is 10.9 Å². The van der Waals surface area contributed by atoms with Gasteiger partial charge in [0.15, 0.2) is 0 Å². The molecule has 0 saturated heterocycles. The molecule has 0 bridgehead atoms. The average molecular weight is 316 g/mol. The third kappa shape index (κ3) is 3.29. The monoisotopic (exact) mass is 316 g/mol. The van der Waals surface area contributed by atoms with Crippen molar-refractivity contribution in [2.45, 2.75) is 25.9 Å². The average Bonchev–Trinajstić information content (AvgIpc) is 3.05. The van der Waals surface area contributed by atoms with Gasteiger partial charge in [0.25, 0.3) is 0 Å². The Labute approximate surface area is 144 Å². The van der Waals surface area contributed by atoms with E-state index >= 15 is 0 Å². The number of aryl methyl sites for hydroxylation is 2. The Bertz CT molecular complexity index is 830. The SMILES string of the molecule is C1=CCN(Cn2ccc3c(CCc4ccccc4)cccc32)CC1. The first-order chi connectivity index (χ1) is 11.9. The fourth-order valence-electron chi connectivity index (χ4n) is 3.59. The van der Waals surface area contributed by atoms with E-state index in [0.29, 0.717) is 0 Å². The van der Waals surface area contributed by atoms with E-state index in [2.05, 4.69) is 82.4 Å². The molecule has 0 saturated carbocycles. The van der Waals surface area contributed by atoms with Gasteiger partial charge >= 0.3 is 0 Å². The number of nitrogens with zero attached hydrogens (tertiary/aromatic N) is 2. The van der Waals surface area contributed by atoms with Gasteiger partial charge in [-0.25, -0.2) is 0 Å². The lowest BCUT2D eigenvalue weighted by molar-refractivity contribution is 0.242. The molecule has 2 heteroatoms. The minimum Gasteiger partial charge on any atom is -0.334 e. The maximum Gasteiger partial charge on any atom is 0.0753 e. The van der Waals surface area contributed by atoms with E-state index in [4.69, 9.17) is 0 Å². The first-order valence-corrected chi connectivity index (χ1v) is 8.88. The third-order valence-electron chi connectivity index (χ3n) is 4.92. The molecule has 0 aliphatic carbocycles. The molecule has 24 heavy (non-hydrogen) atoms. The molecule has 0 amide bonds. The van der Waals surface area contributed by atoms with Gasteiger partial charge in [-0.1, -0.05) is 54.6 Å². The van der Waals surface area contributed by atoms with Crippen molar-refractivity contribution in [1.29, 1.82) is 0 Å². The van der Waals surface area contributed by atoms with Crippen LogP contribution in [0.15, 0.2) is 72.9 Å². The van der Waals surface area contributed by atoms with Crippen LogP contribution in [0.25, 0.3) is 10.9 Å². The second kappa shape index (κ2) is 7.06. The topological polar surface area (TPSA) is 8.17 Å². The first-order valence-electron chi connectivity index (χ1n) is 8.88. The molecule has 3 aromatic rings. The summed E-state index contributed by atoms with van der Waals surface area (Å²) < 4.78 is 2.39. The van der Waals surface area contributed by atoms with Gasteiger partial charge in [0.1, 0.15) is 0 Å². The lowest BCUT2D eigenvalue weighted by Gasteiger charge is -2.24. The lowest BCUT2D eigenvalue weighted by Crippen LogP contribution is -2.29. The molecule has 0 fully saturated rings. The molecule has 0 radical (unpaired) electrons. The van der Waals surface area contributed by atoms with E-state index < -0.39 is 0 Å². The standard InChI is InChI=1S/C22H24N2/c1-3-8-19(9-4-1)12-13-20-10-7-11-22-21(20)14-17-24(22)18-23-15-5-2-6-16-23/h1-5,7-11,14,17H,6,12-13,15-16,18H2. The number of aromatic nitrogens is 1. The fourth-order valence-corrected chi connectivity index (χ4v) is 3.59. The highest BCUT2D eigenvalue weighted by Gasteiger charge is 2.10. The minimum absolute atomic E-state index is 0.982. The van der Waals surface area contributed by atoms with Gasteiger partial charge in [-0.2, -0.15) is 0 Å². The fraction of sp³-hybridized carbons (Fsp3) is 0.273. The zero-order chi connectivity index (χ0) is 16.2. The molecule has 2 aromatic carbocycles. The van der Waals surface area contributed by atoms with Crippen molar-refractivity contribution in [2.75, 3.05) is 13.1 Å². The number of fused-ring (bicyclic) bond motifs is 1. The summed E-state index contributed by atoms with van der Waals surface area (Å²) >= 11 is 0. The van der Waals surface area contributed by atoms with Crippen LogP contribution in [0, 0.1) is 0 Å². The van der Waals surface area contributed by atoms with Gasteiger partial charge in [0, 0.05) is 30.2 Å². The van der Waals surface area contributed by atoms with E-state index in [1.807, 2.05) is 0 Å². The summed E-state index contributed by atoms with van der Waals surface area (Å²) in [6.45, 7) is 3.20. The van der Waals surface area contributed by atoms with Gasteiger partial charge in [-0.05, 0) is 42.5 Å². The molecule has 2 nitrogen and oxygen atoms in total. The van der Waals surface area contributed by atoms with E-state index in [-0.39, 0.29) is 0 Å². The zero-order valence-electron chi connectivity index (χ0n) is 14.1. The quantitative estimate of drug-likeness (QED) is 0.622. The highest BCUT2D eigenvalue weighted by atomic mass is 15.2. The highest BCUT2D eigenvalue weighted by Crippen LogP contribution is 2.22. The van der Waals surface area contributed by atoms with Gasteiger partial charge in [0.2, 0.25) is 0 Å². The van der Waals surface area contributed by atoms with Crippen LogP contribution in [-0.2, 0) is 19.5 Å². The van der Waals surface area contributed by atoms with E-state index in [1.54, 1.807) is 0 Å². The summed E-state index contributed by atoms with van der Waals surface area (Å²) in [6.07, 6.45) is 10.2. The summed E-state index contributed by atoms with van der Waals surface area (Å²) in [5.41, 5.74) is 4.22. The summed E-state index contributed by atoms with van der Waals surface area (Å²) in [6, 6.07) is 19.8. The summed E-state index contributed by atoms with van der Waals surface area (Å²) in [5, 5.41) is 1.40. The molecule has 1 aliphatic heterocycles. The molecule has 0 unspecified atom stereocenters. The molecule has 0 atom stereocenters. The Kier molecular flexibility index (Phi) is 4.48. The normalized spacial score (nSPS) is 15.2. The van der Waals surface area contributed by atoms with Crippen molar-refractivity contribution < 1.29 is 0 Å². The summed E-state index contributed by atoms with van der Waals surface area (Å²) in [7, 11) is 0. The smallest absolute Gasteiger partial charge is 0.0753 e. The number of rotatable bonds is 5. The van der Waals surface area contributed by atoms with Crippen molar-refractivity contribution in [3.05, 3.63) is 84.1 Å². The lowest BCUT2D eigenvalue weighted by atomic mass is 10.0. The van der Waals surface area contributed by atoms with Crippen molar-refractivity contribution in [3.63, 3.8) is 0 Å². The van der Waals surface area contributed by atoms with Crippen molar-refractivity contribution in [3.8, 4) is 0 Å². The summed E-state index contributed by atoms with van der Waals surface area (Å²) in [5.74, 6) is 0. The number of benzene rings is 2. The second-order valence-corrected chi connectivity index (χ2v) is 6.60. The second-order valence-electron chi connectivity index (χ2n) is 6.60. The van der Waals surface area contributed by atoms with Crippen LogP contribution in [0.1, 0.15) is 17.5 Å². The maximum absolute atomic E-state index is 2.50. The Morgan fingerprint density at radius 1 is 0.833 bits per heavy atom. The van der Waals surface area contributed by atoms with Crippen molar-refractivity contribution in [1.82, 2.24) is 9.47 Å². The molecular formula is C22H24N2. The van der Waals surface area contributed by atoms with Gasteiger partial charge < -0.3 is 4.57 Å². The molecule has 0 N–H and O–H groups in total. The Morgan fingerprint density at radius 2 is 1.75 bits per heavy atom. The maximum atomic E-state index is 2.50. The molecule has 122 valence electrons. The summed E-state index contributed by atoms with van der Waals surface area (Å²) in [4.78, 5) is 2.50. The van der Waals surface area contributed by atoms with Gasteiger partial charge in [-0.3, -0.25) is 4.90 Å². The van der Waals surface area contributed by atoms with Crippen LogP contribution >= 0.6 is 0 Å². The minimum atomic E-state index is 0.982. The van der Waals surface area contributed by atoms with E-state index in [1.165, 1.54) is 28.5 Å². The predicted molar refractivity (Wildman–Crippen MR) is 101 cm³/mol. The number of hydrogen-bond donors (Lipinski definition) is 0. The number of hydrogen-bond acceptors (Lipinski definition) is 1. The van der Waals surface area contributed by atoms with Crippen LogP contribution in [0.2, 0.25) is 0 Å². The molecular weight excluding hydrogens is 292 g/mol. The van der Waals surface area contributed by atoms with E-state index in [0.717, 1.165) is 32.6 Å². The Hall–Kier alpha value is -2.32. The molecule has 0 spiro atoms. The highest BCUT2D eigenvalue weighted by molar-refractivity contribution is 5.83. The van der Waals surface area contributed by atoms with Gasteiger partial charge in [-0.15, -0.1) is 0 Å². The zero-order valence-corrected chi connectivity index (χ0v) is 14.1. The van der Waals surface area contributed by atoms with E-state index in [9.17, 15) is 0 Å². The van der Waals surface area contributed by atoms with Crippen molar-refractivity contribution in [2.24, 2.45) is 0 Å². The van der Waals surface area contributed by atoms with Crippen LogP contribution in [0.3, 0.4) is 0 Å². The predicted octanol–water partition coefficient (Wildman–Crippen LogP) is 4.65. The van der Waals surface area contributed by atoms with Crippen LogP contribution in [0.4, 0.5) is 0 Å². The van der Waals surface area contributed by atoms with Gasteiger partial charge in [0.05, 0.1) is 6.67 Å². The molecule has 2 heterocycles. The van der Waals surface area contributed by atoms with Crippen LogP contribution in [0.5, 0.6) is 0 Å². The Morgan fingerprint density at radius 3 is 2.58 bits per heavy atom.